The van der Waals surface area contributed by atoms with E-state index in [1.807, 2.05) is 0 Å². The van der Waals surface area contributed by atoms with E-state index in [-0.39, 0.29) is 0 Å². The quantitative estimate of drug-likeness (QED) is 0.576. The maximum atomic E-state index is 10.4. The lowest BCUT2D eigenvalue weighted by Crippen LogP contribution is -2.20. The molecule has 1 N–H and O–H groups in total. The second kappa shape index (κ2) is 2.47. The lowest BCUT2D eigenvalue weighted by atomic mass is 10.1. The molecular weight excluding hydrogens is 130 g/mol. The summed E-state index contributed by atoms with van der Waals surface area (Å²) < 4.78 is 0. The molecular formula is C7H7NO2. The van der Waals surface area contributed by atoms with E-state index in [1.165, 1.54) is 6.21 Å². The Labute approximate surface area is 58.4 Å². The second-order valence-corrected chi connectivity index (χ2v) is 1.97. The van der Waals surface area contributed by atoms with Crippen molar-refractivity contribution in [3.05, 3.63) is 24.3 Å². The van der Waals surface area contributed by atoms with Gasteiger partial charge in [-0.25, -0.2) is 4.79 Å². The number of hydrogen-bond acceptors (Lipinski definition) is 2. The summed E-state index contributed by atoms with van der Waals surface area (Å²) in [7, 11) is 0. The Kier molecular flexibility index (Phi) is 1.67. The molecule has 3 nitrogen and oxygen atoms in total. The van der Waals surface area contributed by atoms with Crippen LogP contribution < -0.4 is 0 Å². The number of dihydropyridines is 1. The number of carboxylic acids is 1. The highest BCUT2D eigenvalue weighted by Crippen LogP contribution is 2.08. The monoisotopic (exact) mass is 137 g/mol. The summed E-state index contributed by atoms with van der Waals surface area (Å²) in [6.45, 7) is 3.54. The van der Waals surface area contributed by atoms with Crippen LogP contribution in [0.3, 0.4) is 0 Å². The molecule has 0 aromatic rings. The third-order valence-electron chi connectivity index (χ3n) is 1.22. The highest BCUT2D eigenvalue weighted by atomic mass is 16.4. The van der Waals surface area contributed by atoms with Crippen LogP contribution in [0.1, 0.15) is 0 Å². The SMILES string of the molecule is C=C1C=CC=NC1C(=O)O. The Bertz CT molecular complexity index is 228. The number of nitrogens with zero attached hydrogens (tertiary/aromatic N) is 1. The van der Waals surface area contributed by atoms with E-state index in [1.54, 1.807) is 12.2 Å². The zero-order valence-corrected chi connectivity index (χ0v) is 5.32. The number of aliphatic imine (C=N–C) groups is 1. The first-order chi connectivity index (χ1) is 4.72. The summed E-state index contributed by atoms with van der Waals surface area (Å²) in [6.07, 6.45) is 4.78. The molecule has 0 spiro atoms. The first-order valence-electron chi connectivity index (χ1n) is 2.83. The molecule has 3 heteroatoms. The lowest BCUT2D eigenvalue weighted by Gasteiger charge is -2.08. The zero-order valence-electron chi connectivity index (χ0n) is 5.32. The Hall–Kier alpha value is -1.38. The Morgan fingerprint density at radius 3 is 2.90 bits per heavy atom. The van der Waals surface area contributed by atoms with Gasteiger partial charge in [0.1, 0.15) is 0 Å². The topological polar surface area (TPSA) is 49.7 Å². The van der Waals surface area contributed by atoms with E-state index in [0.29, 0.717) is 5.57 Å². The van der Waals surface area contributed by atoms with Crippen LogP contribution >= 0.6 is 0 Å². The number of carbonyl (C=O) groups is 1. The maximum absolute atomic E-state index is 10.4. The lowest BCUT2D eigenvalue weighted by molar-refractivity contribution is -0.137. The molecule has 1 rings (SSSR count). The predicted octanol–water partition coefficient (Wildman–Crippen LogP) is 0.636. The van der Waals surface area contributed by atoms with Crippen LogP contribution in [0.4, 0.5) is 0 Å². The van der Waals surface area contributed by atoms with Crippen LogP contribution in [-0.4, -0.2) is 23.3 Å². The molecule has 0 fully saturated rings. The molecule has 1 aliphatic rings. The van der Waals surface area contributed by atoms with Gasteiger partial charge in [0.15, 0.2) is 6.04 Å². The maximum Gasteiger partial charge on any atom is 0.333 e. The van der Waals surface area contributed by atoms with Gasteiger partial charge in [-0.2, -0.15) is 0 Å². The fraction of sp³-hybridized carbons (Fsp3) is 0.143. The van der Waals surface area contributed by atoms with Crippen molar-refractivity contribution in [3.8, 4) is 0 Å². The van der Waals surface area contributed by atoms with Gasteiger partial charge in [0.2, 0.25) is 0 Å². The van der Waals surface area contributed by atoms with Gasteiger partial charge < -0.3 is 5.11 Å². The van der Waals surface area contributed by atoms with E-state index in [9.17, 15) is 4.79 Å². The molecule has 1 unspecified atom stereocenters. The molecule has 1 heterocycles. The third-order valence-corrected chi connectivity index (χ3v) is 1.22. The van der Waals surface area contributed by atoms with E-state index in [4.69, 9.17) is 5.11 Å². The number of rotatable bonds is 1. The van der Waals surface area contributed by atoms with Gasteiger partial charge in [0.25, 0.3) is 0 Å². The van der Waals surface area contributed by atoms with Gasteiger partial charge in [0, 0.05) is 6.21 Å². The number of carboxylic acid groups (broad SMARTS) is 1. The summed E-state index contributed by atoms with van der Waals surface area (Å²) in [5.41, 5.74) is 0.523. The molecule has 0 bridgehead atoms. The van der Waals surface area contributed by atoms with Crippen LogP contribution in [0.15, 0.2) is 29.3 Å². The van der Waals surface area contributed by atoms with E-state index >= 15 is 0 Å². The van der Waals surface area contributed by atoms with Gasteiger partial charge in [-0.3, -0.25) is 4.99 Å². The van der Waals surface area contributed by atoms with Gasteiger partial charge >= 0.3 is 5.97 Å². The van der Waals surface area contributed by atoms with Gasteiger partial charge in [-0.05, 0) is 11.6 Å². The molecule has 52 valence electrons. The summed E-state index contributed by atoms with van der Waals surface area (Å²) in [6, 6.07) is -0.773. The fourth-order valence-electron chi connectivity index (χ4n) is 0.712. The zero-order chi connectivity index (χ0) is 7.56. The average Bonchev–Trinajstić information content (AvgIpc) is 1.88. The Morgan fingerprint density at radius 2 is 2.50 bits per heavy atom. The van der Waals surface area contributed by atoms with Crippen molar-refractivity contribution >= 4 is 12.2 Å². The van der Waals surface area contributed by atoms with Crippen molar-refractivity contribution in [3.63, 3.8) is 0 Å². The Morgan fingerprint density at radius 1 is 1.80 bits per heavy atom. The van der Waals surface area contributed by atoms with Crippen LogP contribution in [0.5, 0.6) is 0 Å². The van der Waals surface area contributed by atoms with Gasteiger partial charge in [-0.1, -0.05) is 12.7 Å². The molecule has 0 amide bonds. The highest BCUT2D eigenvalue weighted by molar-refractivity contribution is 5.85. The van der Waals surface area contributed by atoms with E-state index in [2.05, 4.69) is 11.6 Å². The van der Waals surface area contributed by atoms with Crippen molar-refractivity contribution in [2.24, 2.45) is 4.99 Å². The first-order valence-corrected chi connectivity index (χ1v) is 2.83. The molecule has 1 atom stereocenters. The molecule has 0 aromatic carbocycles. The fourth-order valence-corrected chi connectivity index (χ4v) is 0.712. The van der Waals surface area contributed by atoms with Crippen molar-refractivity contribution in [2.45, 2.75) is 6.04 Å². The summed E-state index contributed by atoms with van der Waals surface area (Å²) in [4.78, 5) is 14.1. The molecule has 0 aromatic heterocycles. The third kappa shape index (κ3) is 1.13. The molecule has 0 radical (unpaired) electrons. The van der Waals surface area contributed by atoms with Crippen LogP contribution in [0.2, 0.25) is 0 Å². The minimum atomic E-state index is -0.953. The van der Waals surface area contributed by atoms with Crippen molar-refractivity contribution in [2.75, 3.05) is 0 Å². The normalized spacial score (nSPS) is 23.2. The van der Waals surface area contributed by atoms with Crippen molar-refractivity contribution in [1.29, 1.82) is 0 Å². The largest absolute Gasteiger partial charge is 0.479 e. The number of aliphatic carboxylic acids is 1. The second-order valence-electron chi connectivity index (χ2n) is 1.97. The average molecular weight is 137 g/mol. The molecule has 0 saturated heterocycles. The van der Waals surface area contributed by atoms with Crippen molar-refractivity contribution < 1.29 is 9.90 Å². The minimum Gasteiger partial charge on any atom is -0.479 e. The highest BCUT2D eigenvalue weighted by Gasteiger charge is 2.17. The van der Waals surface area contributed by atoms with E-state index < -0.39 is 12.0 Å². The molecule has 0 saturated carbocycles. The molecule has 10 heavy (non-hydrogen) atoms. The minimum absolute atomic E-state index is 0.523. The number of allylic oxidation sites excluding steroid dienone is 1. The van der Waals surface area contributed by atoms with Crippen LogP contribution in [0.25, 0.3) is 0 Å². The predicted molar refractivity (Wildman–Crippen MR) is 38.2 cm³/mol. The number of hydrogen-bond donors (Lipinski definition) is 1. The summed E-state index contributed by atoms with van der Waals surface area (Å²) >= 11 is 0. The standard InChI is InChI=1S/C7H7NO2/c1-5-3-2-4-8-6(5)7(9)10/h2-4,6H,1H2,(H,9,10). The van der Waals surface area contributed by atoms with E-state index in [0.717, 1.165) is 0 Å². The van der Waals surface area contributed by atoms with Crippen molar-refractivity contribution in [1.82, 2.24) is 0 Å². The smallest absolute Gasteiger partial charge is 0.333 e. The van der Waals surface area contributed by atoms with Gasteiger partial charge in [0.05, 0.1) is 0 Å². The summed E-state index contributed by atoms with van der Waals surface area (Å²) in [5.74, 6) is -0.953. The van der Waals surface area contributed by atoms with Crippen LogP contribution in [0, 0.1) is 0 Å². The van der Waals surface area contributed by atoms with Crippen LogP contribution in [-0.2, 0) is 4.79 Å². The molecule has 0 aliphatic carbocycles. The molecule has 1 aliphatic heterocycles. The Balaban J connectivity index is 2.80. The summed E-state index contributed by atoms with van der Waals surface area (Å²) in [5, 5.41) is 8.50. The first kappa shape index (κ1) is 6.74. The van der Waals surface area contributed by atoms with Gasteiger partial charge in [-0.15, -0.1) is 0 Å².